The van der Waals surface area contributed by atoms with E-state index in [4.69, 9.17) is 4.42 Å². The van der Waals surface area contributed by atoms with Gasteiger partial charge in [-0.1, -0.05) is 47.7 Å². The monoisotopic (exact) mass is 410 g/mol. The van der Waals surface area contributed by atoms with Gasteiger partial charge < -0.3 is 14.6 Å². The highest BCUT2D eigenvalue weighted by Crippen LogP contribution is 2.26. The fourth-order valence-electron chi connectivity index (χ4n) is 2.60. The van der Waals surface area contributed by atoms with E-state index in [1.54, 1.807) is 14.0 Å². The van der Waals surface area contributed by atoms with Crippen LogP contribution in [0.5, 0.6) is 0 Å². The molecular weight excluding hydrogens is 388 g/mol. The first-order valence-electron chi connectivity index (χ1n) is 9.09. The van der Waals surface area contributed by atoms with E-state index in [0.29, 0.717) is 16.8 Å². The van der Waals surface area contributed by atoms with Crippen molar-refractivity contribution in [3.05, 3.63) is 60.2 Å². The summed E-state index contributed by atoms with van der Waals surface area (Å²) in [5.41, 5.74) is 2.62. The summed E-state index contributed by atoms with van der Waals surface area (Å²) in [6.07, 6.45) is 0. The second-order valence-corrected chi connectivity index (χ2v) is 7.90. The number of aryl methyl sites for hydroxylation is 1. The van der Waals surface area contributed by atoms with Gasteiger partial charge in [0.1, 0.15) is 0 Å². The van der Waals surface area contributed by atoms with E-state index >= 15 is 0 Å². The molecule has 29 heavy (non-hydrogen) atoms. The van der Waals surface area contributed by atoms with Crippen molar-refractivity contribution in [2.24, 2.45) is 0 Å². The SMILES string of the molecule is Cc1ccc(NC(=O)CN(C)C(=O)[C@@H](C)Sc2nnc(-c3ccccc3)o2)cc1. The lowest BCUT2D eigenvalue weighted by Crippen LogP contribution is -2.38. The summed E-state index contributed by atoms with van der Waals surface area (Å²) in [5.74, 6) is -0.0573. The van der Waals surface area contributed by atoms with E-state index in [2.05, 4.69) is 15.5 Å². The molecule has 0 aliphatic carbocycles. The standard InChI is InChI=1S/C21H22N4O3S/c1-14-9-11-17(12-10-14)22-18(26)13-25(3)20(27)15(2)29-21-24-23-19(28-21)16-7-5-4-6-8-16/h4-12,15H,13H2,1-3H3,(H,22,26)/t15-/m1/s1. The Bertz CT molecular complexity index is 973. The Labute approximate surface area is 173 Å². The number of likely N-dealkylation sites (N-methyl/N-ethyl adjacent to an activating group) is 1. The Hall–Kier alpha value is -3.13. The zero-order valence-electron chi connectivity index (χ0n) is 16.5. The zero-order valence-corrected chi connectivity index (χ0v) is 17.3. The minimum Gasteiger partial charge on any atom is -0.411 e. The number of nitrogens with one attached hydrogen (secondary N) is 1. The van der Waals surface area contributed by atoms with Crippen molar-refractivity contribution in [2.45, 2.75) is 24.3 Å². The molecule has 0 bridgehead atoms. The largest absolute Gasteiger partial charge is 0.411 e. The van der Waals surface area contributed by atoms with Crippen LogP contribution in [0, 0.1) is 6.92 Å². The summed E-state index contributed by atoms with van der Waals surface area (Å²) in [5, 5.41) is 10.6. The highest BCUT2D eigenvalue weighted by molar-refractivity contribution is 8.00. The third-order valence-electron chi connectivity index (χ3n) is 4.14. The summed E-state index contributed by atoms with van der Waals surface area (Å²) < 4.78 is 5.63. The smallest absolute Gasteiger partial charge is 0.277 e. The lowest BCUT2D eigenvalue weighted by Gasteiger charge is -2.19. The van der Waals surface area contributed by atoms with Crippen molar-refractivity contribution in [3.8, 4) is 11.5 Å². The van der Waals surface area contributed by atoms with Gasteiger partial charge in [0.15, 0.2) is 0 Å². The summed E-state index contributed by atoms with van der Waals surface area (Å²) in [7, 11) is 1.59. The van der Waals surface area contributed by atoms with E-state index in [9.17, 15) is 9.59 Å². The highest BCUT2D eigenvalue weighted by atomic mass is 32.2. The molecule has 0 radical (unpaired) electrons. The third-order valence-corrected chi connectivity index (χ3v) is 5.07. The van der Waals surface area contributed by atoms with Crippen LogP contribution in [0.15, 0.2) is 64.2 Å². The first-order valence-corrected chi connectivity index (χ1v) is 9.97. The fraction of sp³-hybridized carbons (Fsp3) is 0.238. The van der Waals surface area contributed by atoms with Crippen LogP contribution < -0.4 is 5.32 Å². The number of aromatic nitrogens is 2. The number of hydrogen-bond acceptors (Lipinski definition) is 6. The minimum absolute atomic E-state index is 0.0449. The van der Waals surface area contributed by atoms with Gasteiger partial charge in [0.2, 0.25) is 17.7 Å². The molecule has 150 valence electrons. The van der Waals surface area contributed by atoms with Crippen molar-refractivity contribution in [3.63, 3.8) is 0 Å². The van der Waals surface area contributed by atoms with Crippen molar-refractivity contribution >= 4 is 29.3 Å². The van der Waals surface area contributed by atoms with Crippen LogP contribution in [0.3, 0.4) is 0 Å². The molecule has 1 N–H and O–H groups in total. The Morgan fingerprint density at radius 3 is 2.48 bits per heavy atom. The number of hydrogen-bond donors (Lipinski definition) is 1. The van der Waals surface area contributed by atoms with Gasteiger partial charge in [-0.2, -0.15) is 0 Å². The van der Waals surface area contributed by atoms with E-state index in [0.717, 1.165) is 22.9 Å². The fourth-order valence-corrected chi connectivity index (χ4v) is 3.40. The average molecular weight is 410 g/mol. The van der Waals surface area contributed by atoms with Gasteiger partial charge in [-0.3, -0.25) is 9.59 Å². The summed E-state index contributed by atoms with van der Waals surface area (Å²) in [6.45, 7) is 3.67. The Balaban J connectivity index is 1.53. The number of amides is 2. The lowest BCUT2D eigenvalue weighted by atomic mass is 10.2. The number of carbonyl (C=O) groups is 2. The van der Waals surface area contributed by atoms with Gasteiger partial charge in [-0.25, -0.2) is 0 Å². The second kappa shape index (κ2) is 9.38. The molecule has 0 unspecified atom stereocenters. The molecule has 7 nitrogen and oxygen atoms in total. The van der Waals surface area contributed by atoms with E-state index in [1.807, 2.05) is 61.5 Å². The minimum atomic E-state index is -0.476. The summed E-state index contributed by atoms with van der Waals surface area (Å²) in [4.78, 5) is 26.2. The molecule has 0 spiro atoms. The first-order chi connectivity index (χ1) is 13.9. The molecule has 1 aromatic heterocycles. The normalized spacial score (nSPS) is 11.7. The van der Waals surface area contributed by atoms with Crippen LogP contribution in [-0.4, -0.2) is 45.8 Å². The van der Waals surface area contributed by atoms with Crippen LogP contribution in [0.25, 0.3) is 11.5 Å². The molecule has 1 heterocycles. The maximum absolute atomic E-state index is 12.6. The third kappa shape index (κ3) is 5.68. The first kappa shape index (κ1) is 20.6. The van der Waals surface area contributed by atoms with Gasteiger partial charge in [0.25, 0.3) is 5.22 Å². The number of benzene rings is 2. The van der Waals surface area contributed by atoms with Gasteiger partial charge in [0, 0.05) is 18.3 Å². The summed E-state index contributed by atoms with van der Waals surface area (Å²) in [6, 6.07) is 16.9. The van der Waals surface area contributed by atoms with Crippen LogP contribution in [0.4, 0.5) is 5.69 Å². The van der Waals surface area contributed by atoms with Crippen molar-refractivity contribution in [1.82, 2.24) is 15.1 Å². The predicted octanol–water partition coefficient (Wildman–Crippen LogP) is 3.62. The molecule has 0 aliphatic heterocycles. The molecule has 1 atom stereocenters. The zero-order chi connectivity index (χ0) is 20.8. The van der Waals surface area contributed by atoms with Gasteiger partial charge in [-0.15, -0.1) is 10.2 Å². The van der Waals surface area contributed by atoms with Crippen molar-refractivity contribution in [1.29, 1.82) is 0 Å². The number of thioether (sulfide) groups is 1. The number of rotatable bonds is 7. The van der Waals surface area contributed by atoms with Crippen molar-refractivity contribution in [2.75, 3.05) is 18.9 Å². The average Bonchev–Trinajstić information content (AvgIpc) is 3.18. The quantitative estimate of drug-likeness (QED) is 0.599. The maximum Gasteiger partial charge on any atom is 0.277 e. The maximum atomic E-state index is 12.6. The summed E-state index contributed by atoms with van der Waals surface area (Å²) >= 11 is 1.16. The number of anilines is 1. The molecule has 3 aromatic rings. The molecule has 2 amide bonds. The van der Waals surface area contributed by atoms with E-state index < -0.39 is 5.25 Å². The van der Waals surface area contributed by atoms with Gasteiger partial charge in [0.05, 0.1) is 11.8 Å². The second-order valence-electron chi connectivity index (χ2n) is 6.61. The Kier molecular flexibility index (Phi) is 6.66. The van der Waals surface area contributed by atoms with Crippen LogP contribution in [0.2, 0.25) is 0 Å². The molecule has 0 fully saturated rings. The Morgan fingerprint density at radius 2 is 1.79 bits per heavy atom. The van der Waals surface area contributed by atoms with Gasteiger partial charge in [-0.05, 0) is 38.1 Å². The van der Waals surface area contributed by atoms with Crippen LogP contribution in [0.1, 0.15) is 12.5 Å². The highest BCUT2D eigenvalue weighted by Gasteiger charge is 2.23. The Morgan fingerprint density at radius 1 is 1.10 bits per heavy atom. The molecular formula is C21H22N4O3S. The molecule has 0 saturated heterocycles. The number of nitrogens with zero attached hydrogens (tertiary/aromatic N) is 3. The molecule has 8 heteroatoms. The van der Waals surface area contributed by atoms with E-state index in [1.165, 1.54) is 4.90 Å². The van der Waals surface area contributed by atoms with Crippen LogP contribution in [-0.2, 0) is 9.59 Å². The van der Waals surface area contributed by atoms with Crippen LogP contribution >= 0.6 is 11.8 Å². The number of carbonyl (C=O) groups excluding carboxylic acids is 2. The van der Waals surface area contributed by atoms with Gasteiger partial charge >= 0.3 is 0 Å². The topological polar surface area (TPSA) is 88.3 Å². The predicted molar refractivity (Wildman–Crippen MR) is 112 cm³/mol. The molecule has 3 rings (SSSR count). The molecule has 0 aliphatic rings. The van der Waals surface area contributed by atoms with E-state index in [-0.39, 0.29) is 18.4 Å². The molecule has 2 aromatic carbocycles. The lowest BCUT2D eigenvalue weighted by molar-refractivity contribution is -0.132. The molecule has 0 saturated carbocycles. The van der Waals surface area contributed by atoms with Crippen molar-refractivity contribution < 1.29 is 14.0 Å².